The normalized spacial score (nSPS) is 8.60. The van der Waals surface area contributed by atoms with Crippen molar-refractivity contribution >= 4 is 17.7 Å². The molecule has 0 heterocycles. The fourth-order valence-corrected chi connectivity index (χ4v) is 0.361. The number of Topliss-reactive ketones (excluding diaryl/α,β-unsaturated/α-hetero) is 1. The van der Waals surface area contributed by atoms with E-state index in [0.29, 0.717) is 0 Å². The molecule has 0 radical (unpaired) electrons. The Kier molecular flexibility index (Phi) is 3.32. The zero-order chi connectivity index (χ0) is 8.15. The van der Waals surface area contributed by atoms with Gasteiger partial charge in [0.25, 0.3) is 5.90 Å². The van der Waals surface area contributed by atoms with Gasteiger partial charge >= 0.3 is 5.97 Å². The van der Waals surface area contributed by atoms with Crippen molar-refractivity contribution in [3.8, 4) is 0 Å². The highest BCUT2D eigenvalue weighted by Gasteiger charge is 2.09. The summed E-state index contributed by atoms with van der Waals surface area (Å²) in [6, 6.07) is 0. The molecule has 0 aliphatic heterocycles. The van der Waals surface area contributed by atoms with E-state index in [9.17, 15) is 9.59 Å². The molecular weight excluding hydrogens is 134 g/mol. The molecule has 0 unspecified atom stereocenters. The Bertz CT molecular complexity index is 174. The first-order valence-electron chi connectivity index (χ1n) is 2.88. The van der Waals surface area contributed by atoms with Crippen LogP contribution >= 0.6 is 0 Å². The predicted molar refractivity (Wildman–Crippen MR) is 34.8 cm³/mol. The maximum atomic E-state index is 10.5. The number of carbonyl (C=O) groups excluding carboxylic acids is 2. The largest absolute Gasteiger partial charge is 0.404 e. The van der Waals surface area contributed by atoms with Gasteiger partial charge < -0.3 is 4.74 Å². The summed E-state index contributed by atoms with van der Waals surface area (Å²) in [6.07, 6.45) is 0.187. The fourth-order valence-electron chi connectivity index (χ4n) is 0.361. The molecule has 0 aromatic heterocycles. The summed E-state index contributed by atoms with van der Waals surface area (Å²) in [4.78, 5) is 20.7. The second-order valence-electron chi connectivity index (χ2n) is 1.70. The maximum absolute atomic E-state index is 10.5. The van der Waals surface area contributed by atoms with Gasteiger partial charge in [0, 0.05) is 13.3 Å². The van der Waals surface area contributed by atoms with Crippen LogP contribution in [0, 0.1) is 5.41 Å². The molecule has 56 valence electrons. The minimum Gasteiger partial charge on any atom is -0.404 e. The molecule has 4 nitrogen and oxygen atoms in total. The van der Waals surface area contributed by atoms with Gasteiger partial charge in [-0.1, -0.05) is 6.92 Å². The van der Waals surface area contributed by atoms with Crippen molar-refractivity contribution in [2.45, 2.75) is 20.3 Å². The number of carbonyl (C=O) groups is 2. The molecule has 10 heavy (non-hydrogen) atoms. The second kappa shape index (κ2) is 3.76. The zero-order valence-corrected chi connectivity index (χ0v) is 5.93. The predicted octanol–water partition coefficient (Wildman–Crippen LogP) is 0.506. The topological polar surface area (TPSA) is 67.2 Å². The molecule has 4 heteroatoms. The molecule has 0 saturated heterocycles. The molecule has 0 aliphatic carbocycles. The van der Waals surface area contributed by atoms with Crippen molar-refractivity contribution in [2.24, 2.45) is 0 Å². The lowest BCUT2D eigenvalue weighted by Crippen LogP contribution is -2.17. The van der Waals surface area contributed by atoms with Crippen LogP contribution in [-0.2, 0) is 14.3 Å². The van der Waals surface area contributed by atoms with Gasteiger partial charge in [0.15, 0.2) is 0 Å². The number of hydrogen-bond donors (Lipinski definition) is 1. The Morgan fingerprint density at radius 3 is 2.30 bits per heavy atom. The van der Waals surface area contributed by atoms with E-state index in [4.69, 9.17) is 5.41 Å². The van der Waals surface area contributed by atoms with Crippen molar-refractivity contribution in [1.82, 2.24) is 0 Å². The lowest BCUT2D eigenvalue weighted by atomic mass is 10.3. The third-order valence-electron chi connectivity index (χ3n) is 0.820. The molecule has 0 spiro atoms. The van der Waals surface area contributed by atoms with Gasteiger partial charge in [0.05, 0.1) is 0 Å². The van der Waals surface area contributed by atoms with E-state index < -0.39 is 17.7 Å². The monoisotopic (exact) mass is 143 g/mol. The number of rotatable bonds is 2. The lowest BCUT2D eigenvalue weighted by molar-refractivity contribution is -0.134. The first kappa shape index (κ1) is 8.81. The van der Waals surface area contributed by atoms with E-state index in [-0.39, 0.29) is 6.42 Å². The molecule has 0 bridgehead atoms. The van der Waals surface area contributed by atoms with Crippen LogP contribution in [-0.4, -0.2) is 17.7 Å². The summed E-state index contributed by atoms with van der Waals surface area (Å²) in [5, 5.41) is 6.83. The second-order valence-corrected chi connectivity index (χ2v) is 1.70. The number of esters is 1. The van der Waals surface area contributed by atoms with Gasteiger partial charge in [-0.25, -0.2) is 0 Å². The smallest absolute Gasteiger partial charge is 0.309 e. The summed E-state index contributed by atoms with van der Waals surface area (Å²) < 4.78 is 4.20. The molecular formula is C6H9NO3. The fraction of sp³-hybridized carbons (Fsp3) is 0.500. The van der Waals surface area contributed by atoms with Gasteiger partial charge in [-0.15, -0.1) is 0 Å². The Balaban J connectivity index is 3.86. The first-order valence-corrected chi connectivity index (χ1v) is 2.88. The van der Waals surface area contributed by atoms with Crippen molar-refractivity contribution in [1.29, 1.82) is 5.41 Å². The molecule has 0 aliphatic rings. The van der Waals surface area contributed by atoms with Gasteiger partial charge in [0.2, 0.25) is 5.78 Å². The summed E-state index contributed by atoms with van der Waals surface area (Å²) >= 11 is 0. The molecule has 1 N–H and O–H groups in total. The molecule has 0 aromatic carbocycles. The van der Waals surface area contributed by atoms with E-state index >= 15 is 0 Å². The Hall–Kier alpha value is -1.19. The number of nitrogens with one attached hydrogen (secondary N) is 1. The van der Waals surface area contributed by atoms with Crippen molar-refractivity contribution in [3.05, 3.63) is 0 Å². The first-order chi connectivity index (χ1) is 4.57. The van der Waals surface area contributed by atoms with Gasteiger partial charge in [-0.2, -0.15) is 0 Å². The van der Waals surface area contributed by atoms with Gasteiger partial charge in [-0.05, 0) is 0 Å². The molecule has 0 fully saturated rings. The van der Waals surface area contributed by atoms with Crippen LogP contribution in [0.2, 0.25) is 0 Å². The minimum absolute atomic E-state index is 0.187. The van der Waals surface area contributed by atoms with Crippen LogP contribution in [0.15, 0.2) is 0 Å². The summed E-state index contributed by atoms with van der Waals surface area (Å²) in [7, 11) is 0. The third kappa shape index (κ3) is 2.96. The maximum Gasteiger partial charge on any atom is 0.309 e. The van der Waals surface area contributed by atoms with Gasteiger partial charge in [-0.3, -0.25) is 15.0 Å². The van der Waals surface area contributed by atoms with Crippen LogP contribution in [0.25, 0.3) is 0 Å². The summed E-state index contributed by atoms with van der Waals surface area (Å²) in [5.74, 6) is -1.67. The van der Waals surface area contributed by atoms with Crippen LogP contribution in [0.4, 0.5) is 0 Å². The molecule has 0 saturated carbocycles. The van der Waals surface area contributed by atoms with E-state index in [2.05, 4.69) is 4.74 Å². The minimum atomic E-state index is -0.633. The van der Waals surface area contributed by atoms with Crippen molar-refractivity contribution < 1.29 is 14.3 Å². The average Bonchev–Trinajstić information content (AvgIpc) is 1.85. The van der Waals surface area contributed by atoms with Crippen LogP contribution in [0.5, 0.6) is 0 Å². The van der Waals surface area contributed by atoms with Crippen LogP contribution < -0.4 is 0 Å². The quantitative estimate of drug-likeness (QED) is 0.348. The van der Waals surface area contributed by atoms with Gasteiger partial charge in [0.1, 0.15) is 0 Å². The Morgan fingerprint density at radius 1 is 1.50 bits per heavy atom. The zero-order valence-electron chi connectivity index (χ0n) is 5.93. The standard InChI is InChI=1S/C6H9NO3/c1-3-5(9)6(7)10-4(2)8/h7H,3H2,1-2H3. The number of hydrogen-bond acceptors (Lipinski definition) is 4. The van der Waals surface area contributed by atoms with E-state index in [1.165, 1.54) is 0 Å². The van der Waals surface area contributed by atoms with Crippen molar-refractivity contribution in [2.75, 3.05) is 0 Å². The summed E-state index contributed by atoms with van der Waals surface area (Å²) in [5.41, 5.74) is 0. The highest BCUT2D eigenvalue weighted by atomic mass is 16.5. The third-order valence-corrected chi connectivity index (χ3v) is 0.820. The molecule has 0 aromatic rings. The lowest BCUT2D eigenvalue weighted by Gasteiger charge is -1.97. The van der Waals surface area contributed by atoms with E-state index in [1.54, 1.807) is 6.92 Å². The summed E-state index contributed by atoms with van der Waals surface area (Å²) in [6.45, 7) is 2.75. The average molecular weight is 143 g/mol. The Morgan fingerprint density at radius 2 is 2.00 bits per heavy atom. The number of ether oxygens (including phenoxy) is 1. The SMILES string of the molecule is CCC(=O)C(=N)OC(C)=O. The molecule has 0 rings (SSSR count). The van der Waals surface area contributed by atoms with Crippen molar-refractivity contribution in [3.63, 3.8) is 0 Å². The highest BCUT2D eigenvalue weighted by Crippen LogP contribution is 1.86. The Labute approximate surface area is 58.7 Å². The van der Waals surface area contributed by atoms with Crippen LogP contribution in [0.3, 0.4) is 0 Å². The highest BCUT2D eigenvalue weighted by molar-refractivity contribution is 6.36. The molecule has 0 atom stereocenters. The van der Waals surface area contributed by atoms with E-state index in [0.717, 1.165) is 6.92 Å². The number of ketones is 1. The molecule has 0 amide bonds. The van der Waals surface area contributed by atoms with E-state index in [1.807, 2.05) is 0 Å². The van der Waals surface area contributed by atoms with Crippen LogP contribution in [0.1, 0.15) is 20.3 Å².